The van der Waals surface area contributed by atoms with Gasteiger partial charge in [0.1, 0.15) is 0 Å². The van der Waals surface area contributed by atoms with Crippen molar-refractivity contribution in [3.8, 4) is 17.2 Å². The van der Waals surface area contributed by atoms with E-state index in [1.807, 2.05) is 12.1 Å². The van der Waals surface area contributed by atoms with Gasteiger partial charge in [-0.3, -0.25) is 4.79 Å². The number of methoxy groups -OCH3 is 3. The normalized spacial score (nSPS) is 13.7. The van der Waals surface area contributed by atoms with Crippen LogP contribution in [0.1, 0.15) is 21.5 Å². The van der Waals surface area contributed by atoms with Crippen molar-refractivity contribution in [2.75, 3.05) is 40.2 Å². The lowest BCUT2D eigenvalue weighted by molar-refractivity contribution is 0.102. The number of rotatable bonds is 5. The van der Waals surface area contributed by atoms with Gasteiger partial charge in [-0.05, 0) is 42.8 Å². The number of carbonyl (C=O) groups excluding carboxylic acids is 1. The highest BCUT2D eigenvalue weighted by Gasteiger charge is 2.20. The van der Waals surface area contributed by atoms with E-state index in [-0.39, 0.29) is 5.91 Å². The van der Waals surface area contributed by atoms with Crippen molar-refractivity contribution in [2.24, 2.45) is 0 Å². The minimum atomic E-state index is -0.217. The maximum atomic E-state index is 12.8. The van der Waals surface area contributed by atoms with Crippen LogP contribution in [0.5, 0.6) is 17.2 Å². The Morgan fingerprint density at radius 3 is 2.38 bits per heavy atom. The third-order valence-electron chi connectivity index (χ3n) is 4.64. The van der Waals surface area contributed by atoms with Gasteiger partial charge in [-0.25, -0.2) is 0 Å². The molecule has 2 aromatic carbocycles. The van der Waals surface area contributed by atoms with Crippen LogP contribution in [0, 0.1) is 0 Å². The molecule has 0 aromatic heterocycles. The number of hydrogen-bond donors (Lipinski definition) is 1. The fourth-order valence-corrected chi connectivity index (χ4v) is 3.24. The Labute approximate surface area is 153 Å². The zero-order valence-electron chi connectivity index (χ0n) is 15.6. The molecule has 0 radical (unpaired) electrons. The molecule has 26 heavy (non-hydrogen) atoms. The van der Waals surface area contributed by atoms with Gasteiger partial charge in [-0.15, -0.1) is 0 Å². The first-order valence-electron chi connectivity index (χ1n) is 8.48. The number of anilines is 1. The van der Waals surface area contributed by atoms with Crippen molar-refractivity contribution in [3.05, 3.63) is 47.0 Å². The summed E-state index contributed by atoms with van der Waals surface area (Å²) in [5, 5.41) is 3.03. The van der Waals surface area contributed by atoms with E-state index in [2.05, 4.69) is 23.3 Å². The van der Waals surface area contributed by atoms with E-state index >= 15 is 0 Å². The topological polar surface area (TPSA) is 60.0 Å². The van der Waals surface area contributed by atoms with Gasteiger partial charge in [-0.2, -0.15) is 0 Å². The minimum absolute atomic E-state index is 0.217. The van der Waals surface area contributed by atoms with E-state index < -0.39 is 0 Å². The highest BCUT2D eigenvalue weighted by molar-refractivity contribution is 6.05. The Kier molecular flexibility index (Phi) is 5.32. The SMILES string of the molecule is COc1cc(C(=O)Nc2cccc3c2CN(C)CC3)cc(OC)c1OC. The molecule has 0 saturated heterocycles. The van der Waals surface area contributed by atoms with Crippen LogP contribution < -0.4 is 19.5 Å². The fraction of sp³-hybridized carbons (Fsp3) is 0.350. The number of nitrogens with one attached hydrogen (secondary N) is 1. The molecule has 2 aromatic rings. The van der Waals surface area contributed by atoms with E-state index in [0.717, 1.165) is 25.2 Å². The van der Waals surface area contributed by atoms with Crippen molar-refractivity contribution in [1.29, 1.82) is 0 Å². The van der Waals surface area contributed by atoms with Crippen molar-refractivity contribution >= 4 is 11.6 Å². The number of fused-ring (bicyclic) bond motifs is 1. The number of likely N-dealkylation sites (N-methyl/N-ethyl adjacent to an activating group) is 1. The molecule has 3 rings (SSSR count). The van der Waals surface area contributed by atoms with Gasteiger partial charge in [0.25, 0.3) is 5.91 Å². The average Bonchev–Trinajstić information content (AvgIpc) is 2.67. The summed E-state index contributed by atoms with van der Waals surface area (Å²) in [6, 6.07) is 9.34. The molecule has 0 saturated carbocycles. The molecule has 0 fully saturated rings. The van der Waals surface area contributed by atoms with Crippen molar-refractivity contribution in [2.45, 2.75) is 13.0 Å². The third kappa shape index (κ3) is 3.46. The minimum Gasteiger partial charge on any atom is -0.493 e. The maximum absolute atomic E-state index is 12.8. The van der Waals surface area contributed by atoms with Gasteiger partial charge in [-0.1, -0.05) is 12.1 Å². The zero-order chi connectivity index (χ0) is 18.7. The molecular formula is C20H24N2O4. The quantitative estimate of drug-likeness (QED) is 0.893. The first-order chi connectivity index (χ1) is 12.6. The number of hydrogen-bond acceptors (Lipinski definition) is 5. The predicted molar refractivity (Wildman–Crippen MR) is 101 cm³/mol. The molecule has 0 atom stereocenters. The number of amides is 1. The van der Waals surface area contributed by atoms with Crippen LogP contribution in [-0.2, 0) is 13.0 Å². The van der Waals surface area contributed by atoms with E-state index in [9.17, 15) is 4.79 Å². The van der Waals surface area contributed by atoms with E-state index in [4.69, 9.17) is 14.2 Å². The van der Waals surface area contributed by atoms with Crippen LogP contribution >= 0.6 is 0 Å². The molecule has 0 aliphatic carbocycles. The van der Waals surface area contributed by atoms with Gasteiger partial charge < -0.3 is 24.4 Å². The number of ether oxygens (including phenoxy) is 3. The number of benzene rings is 2. The third-order valence-corrected chi connectivity index (χ3v) is 4.64. The molecule has 1 heterocycles. The molecular weight excluding hydrogens is 332 g/mol. The summed E-state index contributed by atoms with van der Waals surface area (Å²) in [5.41, 5.74) is 3.74. The highest BCUT2D eigenvalue weighted by Crippen LogP contribution is 2.38. The van der Waals surface area contributed by atoms with Gasteiger partial charge >= 0.3 is 0 Å². The van der Waals surface area contributed by atoms with Gasteiger partial charge in [0.15, 0.2) is 11.5 Å². The van der Waals surface area contributed by atoms with Gasteiger partial charge in [0, 0.05) is 24.3 Å². The highest BCUT2D eigenvalue weighted by atomic mass is 16.5. The summed E-state index contributed by atoms with van der Waals surface area (Å²) < 4.78 is 16.0. The zero-order valence-corrected chi connectivity index (χ0v) is 15.6. The number of carbonyl (C=O) groups is 1. The van der Waals surface area contributed by atoms with Crippen LogP contribution in [0.15, 0.2) is 30.3 Å². The molecule has 1 aliphatic rings. The van der Waals surface area contributed by atoms with Crippen LogP contribution in [0.3, 0.4) is 0 Å². The summed E-state index contributed by atoms with van der Waals surface area (Å²) in [7, 11) is 6.68. The van der Waals surface area contributed by atoms with Crippen molar-refractivity contribution in [1.82, 2.24) is 4.90 Å². The molecule has 1 amide bonds. The molecule has 6 heteroatoms. The monoisotopic (exact) mass is 356 g/mol. The van der Waals surface area contributed by atoms with Gasteiger partial charge in [0.2, 0.25) is 5.75 Å². The molecule has 1 N–H and O–H groups in total. The fourth-order valence-electron chi connectivity index (χ4n) is 3.24. The average molecular weight is 356 g/mol. The largest absolute Gasteiger partial charge is 0.493 e. The molecule has 0 bridgehead atoms. The van der Waals surface area contributed by atoms with Crippen molar-refractivity contribution in [3.63, 3.8) is 0 Å². The molecule has 1 aliphatic heterocycles. The second-order valence-electron chi connectivity index (χ2n) is 6.30. The summed E-state index contributed by atoms with van der Waals surface area (Å²) in [6.45, 7) is 1.85. The van der Waals surface area contributed by atoms with Crippen LogP contribution in [-0.4, -0.2) is 45.7 Å². The first-order valence-corrected chi connectivity index (χ1v) is 8.48. The predicted octanol–water partition coefficient (Wildman–Crippen LogP) is 2.95. The molecule has 0 unspecified atom stereocenters. The second kappa shape index (κ2) is 7.66. The Morgan fingerprint density at radius 1 is 1.08 bits per heavy atom. The molecule has 6 nitrogen and oxygen atoms in total. The lowest BCUT2D eigenvalue weighted by Gasteiger charge is -2.27. The Morgan fingerprint density at radius 2 is 1.77 bits per heavy atom. The summed E-state index contributed by atoms with van der Waals surface area (Å²) in [4.78, 5) is 15.1. The second-order valence-corrected chi connectivity index (χ2v) is 6.30. The number of nitrogens with zero attached hydrogens (tertiary/aromatic N) is 1. The lowest BCUT2D eigenvalue weighted by Crippen LogP contribution is -2.28. The summed E-state index contributed by atoms with van der Waals surface area (Å²) in [6.07, 6.45) is 0.986. The molecule has 0 spiro atoms. The summed E-state index contributed by atoms with van der Waals surface area (Å²) >= 11 is 0. The van der Waals surface area contributed by atoms with Gasteiger partial charge in [0.05, 0.1) is 21.3 Å². The molecule has 138 valence electrons. The van der Waals surface area contributed by atoms with E-state index in [0.29, 0.717) is 22.8 Å². The smallest absolute Gasteiger partial charge is 0.255 e. The van der Waals surface area contributed by atoms with Crippen LogP contribution in [0.4, 0.5) is 5.69 Å². The van der Waals surface area contributed by atoms with Crippen LogP contribution in [0.25, 0.3) is 0 Å². The van der Waals surface area contributed by atoms with E-state index in [1.165, 1.54) is 32.5 Å². The maximum Gasteiger partial charge on any atom is 0.255 e. The Balaban J connectivity index is 1.92. The van der Waals surface area contributed by atoms with Crippen LogP contribution in [0.2, 0.25) is 0 Å². The summed E-state index contributed by atoms with van der Waals surface area (Å²) in [5.74, 6) is 1.15. The Bertz CT molecular complexity index is 794. The van der Waals surface area contributed by atoms with Crippen molar-refractivity contribution < 1.29 is 19.0 Å². The standard InChI is InChI=1S/C20H24N2O4/c1-22-9-8-13-6-5-7-16(15(13)12-22)21-20(23)14-10-17(24-2)19(26-4)18(11-14)25-3/h5-7,10-11H,8-9,12H2,1-4H3,(H,21,23). The lowest BCUT2D eigenvalue weighted by atomic mass is 9.98. The van der Waals surface area contributed by atoms with E-state index in [1.54, 1.807) is 12.1 Å². The first kappa shape index (κ1) is 18.1. The Hall–Kier alpha value is -2.73.